The van der Waals surface area contributed by atoms with Crippen molar-refractivity contribution in [3.05, 3.63) is 0 Å². The van der Waals surface area contributed by atoms with Gasteiger partial charge in [-0.2, -0.15) is 4.31 Å². The van der Waals surface area contributed by atoms with Gasteiger partial charge in [-0.05, 0) is 48.0 Å². The molecular weight excluding hydrogens is 298 g/mol. The highest BCUT2D eigenvalue weighted by Gasteiger charge is 2.48. The number of sulfonamides is 1. The van der Waals surface area contributed by atoms with Gasteiger partial charge in [-0.15, -0.1) is 0 Å². The molecule has 7 nitrogen and oxygen atoms in total. The molecule has 1 unspecified atom stereocenters. The van der Waals surface area contributed by atoms with E-state index in [0.717, 1.165) is 0 Å². The van der Waals surface area contributed by atoms with E-state index in [-0.39, 0.29) is 12.2 Å². The fraction of sp³-hybridized carbons (Fsp3) is 0.846. The van der Waals surface area contributed by atoms with Crippen LogP contribution < -0.4 is 0 Å². The van der Waals surface area contributed by atoms with Crippen LogP contribution in [0.2, 0.25) is 0 Å². The van der Waals surface area contributed by atoms with E-state index in [0.29, 0.717) is 4.31 Å². The van der Waals surface area contributed by atoms with E-state index in [1.54, 1.807) is 41.5 Å². The number of amides is 1. The van der Waals surface area contributed by atoms with Crippen LogP contribution in [0, 0.1) is 0 Å². The van der Waals surface area contributed by atoms with Crippen molar-refractivity contribution in [3.63, 3.8) is 0 Å². The molecule has 0 spiro atoms. The minimum Gasteiger partial charge on any atom is -0.458 e. The molecule has 0 aliphatic carbocycles. The Hall–Kier alpha value is -1.31. The number of rotatable bonds is 1. The van der Waals surface area contributed by atoms with Gasteiger partial charge in [0.2, 0.25) is 10.0 Å². The van der Waals surface area contributed by atoms with Crippen molar-refractivity contribution >= 4 is 22.1 Å². The number of hydrogen-bond acceptors (Lipinski definition) is 6. The highest BCUT2D eigenvalue weighted by Crippen LogP contribution is 2.26. The first kappa shape index (κ1) is 17.7. The van der Waals surface area contributed by atoms with E-state index in [2.05, 4.69) is 0 Å². The van der Waals surface area contributed by atoms with Gasteiger partial charge in [-0.25, -0.2) is 18.0 Å². The first-order valence-electron chi connectivity index (χ1n) is 6.71. The number of hydrogen-bond donors (Lipinski definition) is 0. The van der Waals surface area contributed by atoms with Gasteiger partial charge in [-0.1, -0.05) is 0 Å². The lowest BCUT2D eigenvalue weighted by molar-refractivity contribution is -0.159. The summed E-state index contributed by atoms with van der Waals surface area (Å²) in [5.41, 5.74) is -1.61. The second-order valence-corrected chi connectivity index (χ2v) is 8.90. The first-order chi connectivity index (χ1) is 9.23. The van der Waals surface area contributed by atoms with Gasteiger partial charge >= 0.3 is 12.1 Å². The fourth-order valence-corrected chi connectivity index (χ4v) is 3.36. The standard InChI is InChI=1S/C13H23NO6S/c1-12(2,3)19-10(15)9-7-8-21(17,18)14(9)11(16)20-13(4,5)6/h9H,7-8H2,1-6H3. The molecule has 1 atom stereocenters. The Labute approximate surface area is 125 Å². The number of carbonyl (C=O) groups is 2. The Morgan fingerprint density at radius 1 is 1.00 bits per heavy atom. The predicted octanol–water partition coefficient (Wildman–Crippen LogP) is 1.67. The molecule has 1 aliphatic heterocycles. The van der Waals surface area contributed by atoms with E-state index in [1.165, 1.54) is 0 Å². The van der Waals surface area contributed by atoms with Gasteiger partial charge < -0.3 is 9.47 Å². The third-order valence-electron chi connectivity index (χ3n) is 2.48. The normalized spacial score (nSPS) is 22.0. The number of nitrogens with zero attached hydrogens (tertiary/aromatic N) is 1. The summed E-state index contributed by atoms with van der Waals surface area (Å²) in [6, 6.07) is -1.16. The average molecular weight is 321 g/mol. The monoisotopic (exact) mass is 321 g/mol. The molecule has 0 bridgehead atoms. The molecule has 122 valence electrons. The van der Waals surface area contributed by atoms with Crippen LogP contribution in [0.3, 0.4) is 0 Å². The van der Waals surface area contributed by atoms with Gasteiger partial charge in [0.1, 0.15) is 17.2 Å². The average Bonchev–Trinajstić information content (AvgIpc) is 2.48. The molecule has 21 heavy (non-hydrogen) atoms. The summed E-state index contributed by atoms with van der Waals surface area (Å²) in [5.74, 6) is -1.02. The zero-order chi connectivity index (χ0) is 16.6. The molecule has 1 rings (SSSR count). The minimum absolute atomic E-state index is 0.0104. The van der Waals surface area contributed by atoms with Crippen molar-refractivity contribution in [3.8, 4) is 0 Å². The maximum Gasteiger partial charge on any atom is 0.424 e. The molecule has 0 aromatic rings. The summed E-state index contributed by atoms with van der Waals surface area (Å²) in [4.78, 5) is 24.2. The maximum atomic E-state index is 12.1. The molecule has 0 aromatic carbocycles. The zero-order valence-corrected chi connectivity index (χ0v) is 14.1. The van der Waals surface area contributed by atoms with Gasteiger partial charge in [0.05, 0.1) is 5.75 Å². The first-order valence-corrected chi connectivity index (χ1v) is 8.32. The van der Waals surface area contributed by atoms with Gasteiger partial charge in [0.25, 0.3) is 0 Å². The predicted molar refractivity (Wildman–Crippen MR) is 76.1 cm³/mol. The summed E-state index contributed by atoms with van der Waals surface area (Å²) in [6.45, 7) is 9.88. The van der Waals surface area contributed by atoms with Gasteiger partial charge in [0, 0.05) is 0 Å². The lowest BCUT2D eigenvalue weighted by Crippen LogP contribution is -2.47. The van der Waals surface area contributed by atoms with Crippen molar-refractivity contribution in [2.24, 2.45) is 0 Å². The van der Waals surface area contributed by atoms with Crippen molar-refractivity contribution in [2.45, 2.75) is 65.2 Å². The van der Waals surface area contributed by atoms with E-state index < -0.39 is 39.3 Å². The topological polar surface area (TPSA) is 90.0 Å². The third-order valence-corrected chi connectivity index (χ3v) is 4.24. The summed E-state index contributed by atoms with van der Waals surface area (Å²) in [6.07, 6.45) is -1.04. The second kappa shape index (κ2) is 5.47. The Kier molecular flexibility index (Phi) is 4.62. The smallest absolute Gasteiger partial charge is 0.424 e. The number of carbonyl (C=O) groups excluding carboxylic acids is 2. The molecular formula is C13H23NO6S. The Morgan fingerprint density at radius 2 is 1.48 bits per heavy atom. The van der Waals surface area contributed by atoms with Crippen molar-refractivity contribution in [1.82, 2.24) is 4.31 Å². The highest BCUT2D eigenvalue weighted by atomic mass is 32.2. The Morgan fingerprint density at radius 3 is 1.90 bits per heavy atom. The van der Waals surface area contributed by atoms with E-state index in [9.17, 15) is 18.0 Å². The largest absolute Gasteiger partial charge is 0.458 e. The van der Waals surface area contributed by atoms with Crippen LogP contribution in [-0.4, -0.2) is 47.8 Å². The zero-order valence-electron chi connectivity index (χ0n) is 13.3. The lowest BCUT2D eigenvalue weighted by Gasteiger charge is -2.28. The van der Waals surface area contributed by atoms with Crippen LogP contribution in [-0.2, 0) is 24.3 Å². The molecule has 0 saturated carbocycles. The molecule has 8 heteroatoms. The molecule has 1 amide bonds. The lowest BCUT2D eigenvalue weighted by atomic mass is 10.1. The Bertz CT molecular complexity index is 526. The van der Waals surface area contributed by atoms with E-state index >= 15 is 0 Å². The third kappa shape index (κ3) is 4.87. The minimum atomic E-state index is -3.85. The van der Waals surface area contributed by atoms with Crippen LogP contribution in [0.4, 0.5) is 4.79 Å². The fourth-order valence-electron chi connectivity index (χ4n) is 1.80. The van der Waals surface area contributed by atoms with Gasteiger partial charge in [-0.3, -0.25) is 0 Å². The number of esters is 1. The van der Waals surface area contributed by atoms with Crippen molar-refractivity contribution < 1.29 is 27.5 Å². The van der Waals surface area contributed by atoms with Crippen LogP contribution in [0.15, 0.2) is 0 Å². The summed E-state index contributed by atoms with van der Waals surface area (Å²) < 4.78 is 34.7. The van der Waals surface area contributed by atoms with Crippen molar-refractivity contribution in [1.29, 1.82) is 0 Å². The van der Waals surface area contributed by atoms with E-state index in [4.69, 9.17) is 9.47 Å². The second-order valence-electron chi connectivity index (χ2n) is 6.93. The van der Waals surface area contributed by atoms with Crippen LogP contribution in [0.5, 0.6) is 0 Å². The molecule has 1 aliphatic rings. The summed E-state index contributed by atoms with van der Waals surface area (Å²) >= 11 is 0. The Balaban J connectivity index is 3.00. The quantitative estimate of drug-likeness (QED) is 0.682. The van der Waals surface area contributed by atoms with Crippen LogP contribution >= 0.6 is 0 Å². The molecule has 1 fully saturated rings. The van der Waals surface area contributed by atoms with Crippen LogP contribution in [0.25, 0.3) is 0 Å². The van der Waals surface area contributed by atoms with Crippen molar-refractivity contribution in [2.75, 3.05) is 5.75 Å². The molecule has 1 heterocycles. The molecule has 0 N–H and O–H groups in total. The molecule has 1 saturated heterocycles. The maximum absolute atomic E-state index is 12.1. The van der Waals surface area contributed by atoms with Crippen LogP contribution in [0.1, 0.15) is 48.0 Å². The van der Waals surface area contributed by atoms with Gasteiger partial charge in [0.15, 0.2) is 0 Å². The summed E-state index contributed by atoms with van der Waals surface area (Å²) in [5, 5.41) is 0. The number of ether oxygens (including phenoxy) is 2. The molecule has 0 radical (unpaired) electrons. The molecule has 0 aromatic heterocycles. The SMILES string of the molecule is CC(C)(C)OC(=O)C1CCS(=O)(=O)N1C(=O)OC(C)(C)C. The van der Waals surface area contributed by atoms with E-state index in [1.807, 2.05) is 0 Å². The summed E-state index contributed by atoms with van der Waals surface area (Å²) in [7, 11) is -3.85. The highest BCUT2D eigenvalue weighted by molar-refractivity contribution is 7.89.